The Hall–Kier alpha value is -2.76. The molecule has 1 heterocycles. The van der Waals surface area contributed by atoms with E-state index in [-0.39, 0.29) is 22.3 Å². The first-order valence-corrected chi connectivity index (χ1v) is 8.70. The Bertz CT molecular complexity index is 1050. The highest BCUT2D eigenvalue weighted by atomic mass is 32.1. The number of phenols is 1. The van der Waals surface area contributed by atoms with Gasteiger partial charge in [0.15, 0.2) is 0 Å². The van der Waals surface area contributed by atoms with Crippen molar-refractivity contribution >= 4 is 11.3 Å². The fourth-order valence-electron chi connectivity index (χ4n) is 2.53. The second-order valence-electron chi connectivity index (χ2n) is 6.06. The highest BCUT2D eigenvalue weighted by molar-refractivity contribution is 7.13. The SMILES string of the molecule is Oc1cc(C(F)(F)F)ccc1-c1csc(-c2cc(C(F)(F)F)cc(C(F)(F)F)c2)n1. The predicted octanol–water partition coefficient (Wildman–Crippen LogP) is 7.24. The van der Waals surface area contributed by atoms with Gasteiger partial charge in [0.25, 0.3) is 0 Å². The number of nitrogens with zero attached hydrogens (tertiary/aromatic N) is 1. The van der Waals surface area contributed by atoms with Crippen LogP contribution in [0, 0.1) is 0 Å². The smallest absolute Gasteiger partial charge is 0.416 e. The van der Waals surface area contributed by atoms with E-state index in [4.69, 9.17) is 0 Å². The van der Waals surface area contributed by atoms with Gasteiger partial charge in [0.1, 0.15) is 10.8 Å². The first-order chi connectivity index (χ1) is 13.7. The number of rotatable bonds is 2. The summed E-state index contributed by atoms with van der Waals surface area (Å²) in [5.74, 6) is -0.790. The maximum absolute atomic E-state index is 13.0. The van der Waals surface area contributed by atoms with Crippen LogP contribution in [0.4, 0.5) is 39.5 Å². The normalized spacial score (nSPS) is 13.0. The molecule has 1 N–H and O–H groups in total. The minimum Gasteiger partial charge on any atom is -0.507 e. The third kappa shape index (κ3) is 4.53. The van der Waals surface area contributed by atoms with E-state index in [0.29, 0.717) is 35.6 Å². The Labute approximate surface area is 166 Å². The summed E-state index contributed by atoms with van der Waals surface area (Å²) >= 11 is 0.675. The molecule has 0 fully saturated rings. The highest BCUT2D eigenvalue weighted by Crippen LogP contribution is 2.41. The molecule has 0 unspecified atom stereocenters. The van der Waals surface area contributed by atoms with Crippen molar-refractivity contribution in [2.75, 3.05) is 0 Å². The first kappa shape index (κ1) is 21.9. The van der Waals surface area contributed by atoms with Gasteiger partial charge in [-0.05, 0) is 36.4 Å². The van der Waals surface area contributed by atoms with E-state index in [9.17, 15) is 44.6 Å². The quantitative estimate of drug-likeness (QED) is 0.412. The molecule has 0 atom stereocenters. The lowest BCUT2D eigenvalue weighted by Gasteiger charge is -2.13. The molecular weight excluding hydrogens is 449 g/mol. The third-order valence-electron chi connectivity index (χ3n) is 3.94. The number of thiazole rings is 1. The van der Waals surface area contributed by atoms with Crippen molar-refractivity contribution in [2.24, 2.45) is 0 Å². The Balaban J connectivity index is 2.06. The maximum Gasteiger partial charge on any atom is 0.416 e. The molecule has 0 radical (unpaired) electrons. The Morgan fingerprint density at radius 1 is 0.700 bits per heavy atom. The third-order valence-corrected chi connectivity index (χ3v) is 4.83. The lowest BCUT2D eigenvalue weighted by molar-refractivity contribution is -0.143. The van der Waals surface area contributed by atoms with Crippen molar-refractivity contribution in [3.8, 4) is 27.6 Å². The van der Waals surface area contributed by atoms with Crippen LogP contribution in [0.25, 0.3) is 21.8 Å². The topological polar surface area (TPSA) is 33.1 Å². The van der Waals surface area contributed by atoms with E-state index < -0.39 is 46.5 Å². The van der Waals surface area contributed by atoms with Crippen molar-refractivity contribution in [1.29, 1.82) is 0 Å². The van der Waals surface area contributed by atoms with Gasteiger partial charge >= 0.3 is 18.5 Å². The largest absolute Gasteiger partial charge is 0.507 e. The minimum atomic E-state index is -5.04. The van der Waals surface area contributed by atoms with Gasteiger partial charge in [-0.2, -0.15) is 39.5 Å². The molecule has 1 aromatic heterocycles. The molecule has 0 aliphatic rings. The molecular formula is C18H8F9NOS. The zero-order valence-corrected chi connectivity index (χ0v) is 15.1. The molecule has 160 valence electrons. The summed E-state index contributed by atoms with van der Waals surface area (Å²) < 4.78 is 116. The maximum atomic E-state index is 13.0. The van der Waals surface area contributed by atoms with Gasteiger partial charge in [-0.15, -0.1) is 11.3 Å². The van der Waals surface area contributed by atoms with Crippen LogP contribution in [0.1, 0.15) is 16.7 Å². The molecule has 0 bridgehead atoms. The number of hydrogen-bond donors (Lipinski definition) is 1. The highest BCUT2D eigenvalue weighted by Gasteiger charge is 2.37. The number of halogens is 9. The Kier molecular flexibility index (Phi) is 5.25. The molecule has 0 saturated heterocycles. The van der Waals surface area contributed by atoms with Crippen LogP contribution in [0.15, 0.2) is 41.8 Å². The summed E-state index contributed by atoms with van der Waals surface area (Å²) in [5, 5.41) is 10.8. The summed E-state index contributed by atoms with van der Waals surface area (Å²) in [6.07, 6.45) is -14.8. The van der Waals surface area contributed by atoms with Crippen molar-refractivity contribution in [3.05, 3.63) is 58.5 Å². The molecule has 30 heavy (non-hydrogen) atoms. The second-order valence-corrected chi connectivity index (χ2v) is 6.92. The van der Waals surface area contributed by atoms with Crippen LogP contribution in [-0.2, 0) is 18.5 Å². The molecule has 0 spiro atoms. The predicted molar refractivity (Wildman–Crippen MR) is 89.7 cm³/mol. The molecule has 0 amide bonds. The number of phenolic OH excluding ortho intramolecular Hbond substituents is 1. The van der Waals surface area contributed by atoms with Crippen LogP contribution in [0.5, 0.6) is 5.75 Å². The van der Waals surface area contributed by atoms with E-state index in [1.807, 2.05) is 0 Å². The number of alkyl halides is 9. The van der Waals surface area contributed by atoms with Gasteiger partial charge in [0.05, 0.1) is 22.4 Å². The van der Waals surface area contributed by atoms with Gasteiger partial charge < -0.3 is 5.11 Å². The van der Waals surface area contributed by atoms with Gasteiger partial charge in [-0.1, -0.05) is 0 Å². The van der Waals surface area contributed by atoms with E-state index in [1.165, 1.54) is 5.38 Å². The summed E-state index contributed by atoms with van der Waals surface area (Å²) in [7, 11) is 0. The Morgan fingerprint density at radius 3 is 1.70 bits per heavy atom. The van der Waals surface area contributed by atoms with Crippen LogP contribution in [0.2, 0.25) is 0 Å². The summed E-state index contributed by atoms with van der Waals surface area (Å²) in [4.78, 5) is 3.89. The molecule has 3 rings (SSSR count). The lowest BCUT2D eigenvalue weighted by atomic mass is 10.0. The van der Waals surface area contributed by atoms with E-state index in [0.717, 1.165) is 6.07 Å². The van der Waals surface area contributed by atoms with Crippen LogP contribution in [-0.4, -0.2) is 10.1 Å². The number of hydrogen-bond acceptors (Lipinski definition) is 3. The molecule has 0 aliphatic carbocycles. The molecule has 12 heteroatoms. The van der Waals surface area contributed by atoms with Crippen LogP contribution in [0.3, 0.4) is 0 Å². The summed E-state index contributed by atoms with van der Waals surface area (Å²) in [5.41, 5.74) is -4.92. The van der Waals surface area contributed by atoms with Gasteiger partial charge in [0.2, 0.25) is 0 Å². The second kappa shape index (κ2) is 7.18. The molecule has 2 aromatic carbocycles. The zero-order chi connectivity index (χ0) is 22.5. The Morgan fingerprint density at radius 2 is 1.23 bits per heavy atom. The average molecular weight is 457 g/mol. The number of aromatic nitrogens is 1. The van der Waals surface area contributed by atoms with Crippen LogP contribution < -0.4 is 0 Å². The average Bonchev–Trinajstić information content (AvgIpc) is 3.09. The van der Waals surface area contributed by atoms with Gasteiger partial charge in [-0.3, -0.25) is 0 Å². The van der Waals surface area contributed by atoms with Gasteiger partial charge in [0, 0.05) is 16.5 Å². The zero-order valence-electron chi connectivity index (χ0n) is 14.2. The van der Waals surface area contributed by atoms with E-state index >= 15 is 0 Å². The lowest BCUT2D eigenvalue weighted by Crippen LogP contribution is -2.11. The number of benzene rings is 2. The summed E-state index contributed by atoms with van der Waals surface area (Å²) in [6.45, 7) is 0. The van der Waals surface area contributed by atoms with Gasteiger partial charge in [-0.25, -0.2) is 4.98 Å². The fourth-order valence-corrected chi connectivity index (χ4v) is 3.34. The molecule has 3 aromatic rings. The van der Waals surface area contributed by atoms with E-state index in [2.05, 4.69) is 4.98 Å². The molecule has 2 nitrogen and oxygen atoms in total. The fraction of sp³-hybridized carbons (Fsp3) is 0.167. The van der Waals surface area contributed by atoms with E-state index in [1.54, 1.807) is 0 Å². The minimum absolute atomic E-state index is 0.0281. The van der Waals surface area contributed by atoms with Crippen molar-refractivity contribution < 1.29 is 44.6 Å². The van der Waals surface area contributed by atoms with Crippen LogP contribution >= 0.6 is 11.3 Å². The van der Waals surface area contributed by atoms with Crippen molar-refractivity contribution in [1.82, 2.24) is 4.98 Å². The first-order valence-electron chi connectivity index (χ1n) is 7.82. The monoisotopic (exact) mass is 457 g/mol. The number of aromatic hydroxyl groups is 1. The van der Waals surface area contributed by atoms with Crippen molar-refractivity contribution in [2.45, 2.75) is 18.5 Å². The standard InChI is InChI=1S/C18H8F9NOS/c19-16(20,21)9-1-2-12(14(29)6-9)13-7-30-15(28-13)8-3-10(17(22,23)24)5-11(4-8)18(25,26)27/h1-7,29H. The van der Waals surface area contributed by atoms with Crippen molar-refractivity contribution in [3.63, 3.8) is 0 Å². The summed E-state index contributed by atoms with van der Waals surface area (Å²) in [6, 6.07) is 2.97. The molecule has 0 saturated carbocycles. The molecule has 0 aliphatic heterocycles.